The lowest BCUT2D eigenvalue weighted by atomic mass is 9.94. The number of aliphatic hydroxyl groups is 2. The molecule has 4 N–H and O–H groups in total. The Kier molecular flexibility index (Phi) is 9.67. The van der Waals surface area contributed by atoms with Crippen molar-refractivity contribution in [3.63, 3.8) is 0 Å². The maximum Gasteiger partial charge on any atom is 0.119 e. The first-order valence-corrected chi connectivity index (χ1v) is 8.87. The van der Waals surface area contributed by atoms with E-state index in [0.29, 0.717) is 6.42 Å². The first-order chi connectivity index (χ1) is 11.1. The Hall–Kier alpha value is -0.810. The summed E-state index contributed by atoms with van der Waals surface area (Å²) in [6.45, 7) is 0.383. The number of nitrogens with two attached hydrogens (primary N) is 1. The van der Waals surface area contributed by atoms with Crippen molar-refractivity contribution in [2.45, 2.75) is 56.9 Å². The molecule has 138 valence electrons. The highest BCUT2D eigenvalue weighted by Crippen LogP contribution is 2.28. The Balaban J connectivity index is 0.00000288. The summed E-state index contributed by atoms with van der Waals surface area (Å²) in [7, 11) is 0. The molecule has 24 heavy (non-hydrogen) atoms. The van der Waals surface area contributed by atoms with Gasteiger partial charge in [-0.25, -0.2) is 0 Å². The zero-order chi connectivity index (χ0) is 16.5. The van der Waals surface area contributed by atoms with E-state index < -0.39 is 5.54 Å². The second-order valence-electron chi connectivity index (χ2n) is 6.96. The van der Waals surface area contributed by atoms with Gasteiger partial charge in [-0.1, -0.05) is 37.8 Å². The van der Waals surface area contributed by atoms with Crippen LogP contribution in [0.1, 0.15) is 50.5 Å². The molecular weight excluding hydrogens is 326 g/mol. The van der Waals surface area contributed by atoms with Crippen molar-refractivity contribution in [3.8, 4) is 5.75 Å². The number of halogens is 1. The number of aryl methyl sites for hydroxylation is 1. The molecule has 0 amide bonds. The largest absolute Gasteiger partial charge is 0.494 e. The van der Waals surface area contributed by atoms with Crippen LogP contribution < -0.4 is 10.5 Å². The number of aliphatic hydroxyl groups excluding tert-OH is 2. The molecule has 0 saturated heterocycles. The standard InChI is InChI=1S/C19H31NO3.ClH/c20-19(14-21,15-22)12-11-17-7-9-18(10-8-17)23-13-3-6-16-4-1-2-5-16;/h7-10,16,21-22H,1-6,11-15,20H2;1H. The summed E-state index contributed by atoms with van der Waals surface area (Å²) in [5.74, 6) is 1.83. The first kappa shape index (κ1) is 21.2. The van der Waals surface area contributed by atoms with Gasteiger partial charge in [-0.15, -0.1) is 12.4 Å². The van der Waals surface area contributed by atoms with Gasteiger partial charge in [-0.2, -0.15) is 0 Å². The van der Waals surface area contributed by atoms with Crippen LogP contribution in [0.15, 0.2) is 24.3 Å². The van der Waals surface area contributed by atoms with Gasteiger partial charge < -0.3 is 20.7 Å². The van der Waals surface area contributed by atoms with E-state index in [-0.39, 0.29) is 25.6 Å². The van der Waals surface area contributed by atoms with Crippen molar-refractivity contribution < 1.29 is 14.9 Å². The van der Waals surface area contributed by atoms with Crippen molar-refractivity contribution in [2.75, 3.05) is 19.8 Å². The number of ether oxygens (including phenoxy) is 1. The predicted molar refractivity (Wildman–Crippen MR) is 99.8 cm³/mol. The maximum atomic E-state index is 9.20. The summed E-state index contributed by atoms with van der Waals surface area (Å²) in [6, 6.07) is 8.03. The van der Waals surface area contributed by atoms with E-state index in [9.17, 15) is 10.2 Å². The van der Waals surface area contributed by atoms with Gasteiger partial charge in [0.15, 0.2) is 0 Å². The quantitative estimate of drug-likeness (QED) is 0.562. The van der Waals surface area contributed by atoms with E-state index in [1.165, 1.54) is 32.1 Å². The summed E-state index contributed by atoms with van der Waals surface area (Å²) in [6.07, 6.45) is 9.33. The molecule has 0 atom stereocenters. The lowest BCUT2D eigenvalue weighted by molar-refractivity contribution is 0.115. The second kappa shape index (κ2) is 10.9. The molecule has 0 unspecified atom stereocenters. The van der Waals surface area contributed by atoms with Gasteiger partial charge in [0.2, 0.25) is 0 Å². The van der Waals surface area contributed by atoms with E-state index in [2.05, 4.69) is 0 Å². The van der Waals surface area contributed by atoms with E-state index in [1.54, 1.807) is 0 Å². The highest BCUT2D eigenvalue weighted by atomic mass is 35.5. The van der Waals surface area contributed by atoms with Gasteiger partial charge >= 0.3 is 0 Å². The molecule has 1 aromatic rings. The van der Waals surface area contributed by atoms with E-state index in [1.807, 2.05) is 24.3 Å². The molecule has 0 aromatic heterocycles. The summed E-state index contributed by atoms with van der Waals surface area (Å²) >= 11 is 0. The Morgan fingerprint density at radius 2 is 1.71 bits per heavy atom. The van der Waals surface area contributed by atoms with Crippen LogP contribution in [0, 0.1) is 5.92 Å². The average molecular weight is 358 g/mol. The number of rotatable bonds is 10. The Morgan fingerprint density at radius 1 is 1.08 bits per heavy atom. The van der Waals surface area contributed by atoms with Crippen molar-refractivity contribution in [3.05, 3.63) is 29.8 Å². The molecule has 1 saturated carbocycles. The molecule has 1 aromatic carbocycles. The molecule has 0 aliphatic heterocycles. The predicted octanol–water partition coefficient (Wildman–Crippen LogP) is 3.07. The molecule has 0 radical (unpaired) electrons. The number of benzene rings is 1. The second-order valence-corrected chi connectivity index (χ2v) is 6.96. The Bertz CT molecular complexity index is 442. The van der Waals surface area contributed by atoms with Gasteiger partial charge in [0, 0.05) is 0 Å². The molecular formula is C19H32ClNO3. The van der Waals surface area contributed by atoms with Crippen molar-refractivity contribution >= 4 is 12.4 Å². The third-order valence-electron chi connectivity index (χ3n) is 4.96. The zero-order valence-corrected chi connectivity index (χ0v) is 15.3. The third kappa shape index (κ3) is 6.98. The fraction of sp³-hybridized carbons (Fsp3) is 0.684. The fourth-order valence-electron chi connectivity index (χ4n) is 3.21. The summed E-state index contributed by atoms with van der Waals surface area (Å²) in [4.78, 5) is 0. The topological polar surface area (TPSA) is 75.7 Å². The van der Waals surface area contributed by atoms with Gasteiger partial charge in [0.05, 0.1) is 25.4 Å². The zero-order valence-electron chi connectivity index (χ0n) is 14.5. The molecule has 0 bridgehead atoms. The number of hydrogen-bond acceptors (Lipinski definition) is 4. The average Bonchev–Trinajstić information content (AvgIpc) is 3.11. The first-order valence-electron chi connectivity index (χ1n) is 8.87. The van der Waals surface area contributed by atoms with Gasteiger partial charge in [0.25, 0.3) is 0 Å². The van der Waals surface area contributed by atoms with Crippen LogP contribution in [-0.2, 0) is 6.42 Å². The minimum atomic E-state index is -0.893. The minimum Gasteiger partial charge on any atom is -0.494 e. The SMILES string of the molecule is Cl.NC(CO)(CO)CCc1ccc(OCCCC2CCCC2)cc1. The molecule has 0 heterocycles. The normalized spacial score (nSPS) is 15.3. The van der Waals surface area contributed by atoms with Crippen molar-refractivity contribution in [2.24, 2.45) is 11.7 Å². The molecule has 2 rings (SSSR count). The smallest absolute Gasteiger partial charge is 0.119 e. The maximum absolute atomic E-state index is 9.20. The van der Waals surface area contributed by atoms with Crippen LogP contribution >= 0.6 is 12.4 Å². The van der Waals surface area contributed by atoms with Gasteiger partial charge in [0.1, 0.15) is 5.75 Å². The van der Waals surface area contributed by atoms with Crippen LogP contribution in [0.4, 0.5) is 0 Å². The van der Waals surface area contributed by atoms with Gasteiger partial charge in [-0.05, 0) is 49.3 Å². The summed E-state index contributed by atoms with van der Waals surface area (Å²) in [5.41, 5.74) is 6.13. The van der Waals surface area contributed by atoms with Crippen LogP contribution in [0.2, 0.25) is 0 Å². The van der Waals surface area contributed by atoms with Gasteiger partial charge in [-0.3, -0.25) is 0 Å². The highest BCUT2D eigenvalue weighted by Gasteiger charge is 2.22. The summed E-state index contributed by atoms with van der Waals surface area (Å²) in [5, 5.41) is 18.4. The van der Waals surface area contributed by atoms with E-state index in [0.717, 1.165) is 36.7 Å². The highest BCUT2D eigenvalue weighted by molar-refractivity contribution is 5.85. The molecule has 0 spiro atoms. The Morgan fingerprint density at radius 3 is 2.29 bits per heavy atom. The number of hydrogen-bond donors (Lipinski definition) is 3. The van der Waals surface area contributed by atoms with Crippen molar-refractivity contribution in [1.82, 2.24) is 0 Å². The van der Waals surface area contributed by atoms with Crippen LogP contribution in [0.5, 0.6) is 5.75 Å². The minimum absolute atomic E-state index is 0. The van der Waals surface area contributed by atoms with Crippen LogP contribution in [0.25, 0.3) is 0 Å². The molecule has 1 aliphatic carbocycles. The lowest BCUT2D eigenvalue weighted by Crippen LogP contribution is -2.47. The molecule has 1 fully saturated rings. The third-order valence-corrected chi connectivity index (χ3v) is 4.96. The van der Waals surface area contributed by atoms with Crippen molar-refractivity contribution in [1.29, 1.82) is 0 Å². The molecule has 4 nitrogen and oxygen atoms in total. The van der Waals surface area contributed by atoms with E-state index >= 15 is 0 Å². The monoisotopic (exact) mass is 357 g/mol. The van der Waals surface area contributed by atoms with Crippen LogP contribution in [0.3, 0.4) is 0 Å². The lowest BCUT2D eigenvalue weighted by Gasteiger charge is -2.24. The van der Waals surface area contributed by atoms with E-state index in [4.69, 9.17) is 10.5 Å². The van der Waals surface area contributed by atoms with Crippen LogP contribution in [-0.4, -0.2) is 35.6 Å². The molecule has 1 aliphatic rings. The fourth-order valence-corrected chi connectivity index (χ4v) is 3.21. The summed E-state index contributed by atoms with van der Waals surface area (Å²) < 4.78 is 5.80. The Labute approximate surface area is 151 Å². The molecule has 5 heteroatoms.